The van der Waals surface area contributed by atoms with Crippen LogP contribution in [0.3, 0.4) is 0 Å². The Morgan fingerprint density at radius 1 is 0.880 bits per heavy atom. The average Bonchev–Trinajstić information content (AvgIpc) is 3.38. The van der Waals surface area contributed by atoms with Gasteiger partial charge in [0.05, 0.1) is 11.8 Å². The zero-order chi connectivity index (χ0) is 18.0. The smallest absolute Gasteiger partial charge is 0.228 e. The number of anilines is 3. The van der Waals surface area contributed by atoms with Gasteiger partial charge in [-0.3, -0.25) is 9.59 Å². The van der Waals surface area contributed by atoms with E-state index in [9.17, 15) is 9.59 Å². The molecule has 1 aliphatic carbocycles. The number of hydrogen-bond donors (Lipinski definition) is 2. The van der Waals surface area contributed by atoms with Crippen molar-refractivity contribution in [3.05, 3.63) is 53.6 Å². The van der Waals surface area contributed by atoms with Crippen molar-refractivity contribution in [1.29, 1.82) is 0 Å². The maximum atomic E-state index is 12.3. The molecule has 2 atom stereocenters. The predicted molar refractivity (Wildman–Crippen MR) is 101 cm³/mol. The quantitative estimate of drug-likeness (QED) is 0.859. The summed E-state index contributed by atoms with van der Waals surface area (Å²) >= 11 is 5.82. The number of amides is 2. The Kier molecular flexibility index (Phi) is 4.95. The van der Waals surface area contributed by atoms with Crippen LogP contribution in [0, 0.1) is 11.8 Å². The molecule has 0 heterocycles. The lowest BCUT2D eigenvalue weighted by Gasteiger charge is -2.13. The largest absolute Gasteiger partial charge is 0.378 e. The lowest BCUT2D eigenvalue weighted by Crippen LogP contribution is -2.20. The van der Waals surface area contributed by atoms with E-state index in [1.807, 2.05) is 43.3 Å². The Hall–Kier alpha value is -2.53. The molecule has 25 heavy (non-hydrogen) atoms. The molecule has 1 aliphatic rings. The van der Waals surface area contributed by atoms with Crippen molar-refractivity contribution in [1.82, 2.24) is 0 Å². The van der Waals surface area contributed by atoms with Crippen LogP contribution >= 0.6 is 11.6 Å². The van der Waals surface area contributed by atoms with E-state index in [0.29, 0.717) is 17.1 Å². The predicted octanol–water partition coefficient (Wildman–Crippen LogP) is 3.62. The molecule has 0 bridgehead atoms. The average molecular weight is 358 g/mol. The first-order valence-corrected chi connectivity index (χ1v) is 8.46. The first-order chi connectivity index (χ1) is 11.9. The van der Waals surface area contributed by atoms with E-state index in [1.165, 1.54) is 0 Å². The molecule has 0 radical (unpaired) electrons. The molecule has 1 saturated carbocycles. The fourth-order valence-electron chi connectivity index (χ4n) is 2.62. The second kappa shape index (κ2) is 7.15. The summed E-state index contributed by atoms with van der Waals surface area (Å²) in [5, 5.41) is 6.30. The van der Waals surface area contributed by atoms with Gasteiger partial charge < -0.3 is 15.5 Å². The summed E-state index contributed by atoms with van der Waals surface area (Å²) in [7, 11) is 3.92. The Morgan fingerprint density at radius 2 is 1.32 bits per heavy atom. The number of halogens is 1. The summed E-state index contributed by atoms with van der Waals surface area (Å²) in [4.78, 5) is 26.5. The maximum absolute atomic E-state index is 12.3. The van der Waals surface area contributed by atoms with Gasteiger partial charge >= 0.3 is 0 Å². The summed E-state index contributed by atoms with van der Waals surface area (Å²) in [5.41, 5.74) is 2.48. The molecule has 6 heteroatoms. The Balaban J connectivity index is 1.52. The fourth-order valence-corrected chi connectivity index (χ4v) is 2.75. The maximum Gasteiger partial charge on any atom is 0.228 e. The van der Waals surface area contributed by atoms with E-state index < -0.39 is 0 Å². The number of carbonyl (C=O) groups is 2. The third-order valence-corrected chi connectivity index (χ3v) is 4.48. The number of benzene rings is 2. The van der Waals surface area contributed by atoms with Gasteiger partial charge in [0.2, 0.25) is 11.8 Å². The van der Waals surface area contributed by atoms with Gasteiger partial charge in [0.15, 0.2) is 0 Å². The number of nitrogens with zero attached hydrogens (tertiary/aromatic N) is 1. The summed E-state index contributed by atoms with van der Waals surface area (Å²) in [6, 6.07) is 14.5. The van der Waals surface area contributed by atoms with Crippen LogP contribution in [0.4, 0.5) is 17.1 Å². The standard InChI is InChI=1S/C19H20ClN3O2/c1-23(2)15-9-7-14(8-10-15)22-19(25)17-11-16(17)18(24)21-13-5-3-12(20)4-6-13/h3-10,16-17H,11H2,1-2H3,(H,21,24)(H,22,25). The topological polar surface area (TPSA) is 61.4 Å². The molecule has 0 aliphatic heterocycles. The van der Waals surface area contributed by atoms with Crippen LogP contribution in [0.25, 0.3) is 0 Å². The van der Waals surface area contributed by atoms with E-state index in [4.69, 9.17) is 11.6 Å². The minimum absolute atomic E-state index is 0.117. The van der Waals surface area contributed by atoms with Crippen molar-refractivity contribution >= 4 is 40.5 Å². The lowest BCUT2D eigenvalue weighted by molar-refractivity contribution is -0.122. The Labute approximate surface area is 152 Å². The molecule has 3 rings (SSSR count). The third-order valence-electron chi connectivity index (χ3n) is 4.23. The van der Waals surface area contributed by atoms with Gasteiger partial charge in [-0.2, -0.15) is 0 Å². The highest BCUT2D eigenvalue weighted by Crippen LogP contribution is 2.40. The minimum atomic E-state index is -0.281. The highest BCUT2D eigenvalue weighted by molar-refractivity contribution is 6.30. The van der Waals surface area contributed by atoms with Crippen molar-refractivity contribution in [3.8, 4) is 0 Å². The van der Waals surface area contributed by atoms with Crippen LogP contribution in [-0.2, 0) is 9.59 Å². The number of carbonyl (C=O) groups excluding carboxylic acids is 2. The SMILES string of the molecule is CN(C)c1ccc(NC(=O)C2CC2C(=O)Nc2ccc(Cl)cc2)cc1. The van der Waals surface area contributed by atoms with Crippen LogP contribution in [0.2, 0.25) is 5.02 Å². The van der Waals surface area contributed by atoms with E-state index in [0.717, 1.165) is 11.4 Å². The van der Waals surface area contributed by atoms with Gasteiger partial charge in [-0.15, -0.1) is 0 Å². The molecule has 1 fully saturated rings. The van der Waals surface area contributed by atoms with Crippen molar-refractivity contribution in [2.45, 2.75) is 6.42 Å². The van der Waals surface area contributed by atoms with Crippen LogP contribution in [-0.4, -0.2) is 25.9 Å². The van der Waals surface area contributed by atoms with Crippen molar-refractivity contribution < 1.29 is 9.59 Å². The summed E-state index contributed by atoms with van der Waals surface area (Å²) in [6.07, 6.45) is 0.570. The zero-order valence-corrected chi connectivity index (χ0v) is 14.9. The number of rotatable bonds is 5. The van der Waals surface area contributed by atoms with Gasteiger partial charge in [-0.05, 0) is 55.0 Å². The molecule has 2 N–H and O–H groups in total. The van der Waals surface area contributed by atoms with Gasteiger partial charge in [0.25, 0.3) is 0 Å². The lowest BCUT2D eigenvalue weighted by atomic mass is 10.2. The van der Waals surface area contributed by atoms with Crippen LogP contribution in [0.1, 0.15) is 6.42 Å². The second-order valence-corrected chi connectivity index (χ2v) is 6.81. The summed E-state index contributed by atoms with van der Waals surface area (Å²) in [6.45, 7) is 0. The molecule has 2 amide bonds. The van der Waals surface area contributed by atoms with Crippen LogP contribution in [0.5, 0.6) is 0 Å². The van der Waals surface area contributed by atoms with Gasteiger partial charge in [0, 0.05) is 36.2 Å². The highest BCUT2D eigenvalue weighted by Gasteiger charge is 2.48. The Morgan fingerprint density at radius 3 is 1.76 bits per heavy atom. The normalized spacial score (nSPS) is 18.4. The minimum Gasteiger partial charge on any atom is -0.378 e. The van der Waals surface area contributed by atoms with E-state index in [-0.39, 0.29) is 23.7 Å². The van der Waals surface area contributed by atoms with Gasteiger partial charge in [-0.1, -0.05) is 11.6 Å². The molecule has 2 aromatic carbocycles. The first-order valence-electron chi connectivity index (χ1n) is 8.09. The van der Waals surface area contributed by atoms with Crippen molar-refractivity contribution in [2.75, 3.05) is 29.6 Å². The molecule has 0 spiro atoms. The molecular weight excluding hydrogens is 338 g/mol. The molecule has 2 aromatic rings. The van der Waals surface area contributed by atoms with E-state index >= 15 is 0 Å². The fraction of sp³-hybridized carbons (Fsp3) is 0.263. The van der Waals surface area contributed by atoms with Gasteiger partial charge in [-0.25, -0.2) is 0 Å². The van der Waals surface area contributed by atoms with Crippen molar-refractivity contribution in [3.63, 3.8) is 0 Å². The Bertz CT molecular complexity index is 772. The first kappa shape index (κ1) is 17.3. The van der Waals surface area contributed by atoms with Crippen LogP contribution < -0.4 is 15.5 Å². The molecular formula is C19H20ClN3O2. The number of hydrogen-bond acceptors (Lipinski definition) is 3. The highest BCUT2D eigenvalue weighted by atomic mass is 35.5. The van der Waals surface area contributed by atoms with Gasteiger partial charge in [0.1, 0.15) is 0 Å². The molecule has 130 valence electrons. The molecule has 0 saturated heterocycles. The molecule has 0 aromatic heterocycles. The van der Waals surface area contributed by atoms with E-state index in [2.05, 4.69) is 10.6 Å². The molecule has 2 unspecified atom stereocenters. The zero-order valence-electron chi connectivity index (χ0n) is 14.1. The van der Waals surface area contributed by atoms with Crippen molar-refractivity contribution in [2.24, 2.45) is 11.8 Å². The number of nitrogens with one attached hydrogen (secondary N) is 2. The van der Waals surface area contributed by atoms with Crippen LogP contribution in [0.15, 0.2) is 48.5 Å². The summed E-state index contributed by atoms with van der Waals surface area (Å²) < 4.78 is 0. The van der Waals surface area contributed by atoms with E-state index in [1.54, 1.807) is 24.3 Å². The summed E-state index contributed by atoms with van der Waals surface area (Å²) in [5.74, 6) is -0.808. The monoisotopic (exact) mass is 357 g/mol. The second-order valence-electron chi connectivity index (χ2n) is 6.38. The molecule has 5 nitrogen and oxygen atoms in total. The third kappa shape index (κ3) is 4.31.